The van der Waals surface area contributed by atoms with Gasteiger partial charge >= 0.3 is 0 Å². The standard InChI is InChI=1S/C12H13ClN2OS/c1-14-6-8-7-17-12(15-8)11-9(13)4-3-5-10(11)16-2/h3-5,7,14H,6H2,1-2H3. The lowest BCUT2D eigenvalue weighted by atomic mass is 10.2. The minimum atomic E-state index is 0.662. The molecule has 0 atom stereocenters. The van der Waals surface area contributed by atoms with Crippen LogP contribution < -0.4 is 10.1 Å². The average molecular weight is 269 g/mol. The molecule has 2 aromatic rings. The van der Waals surface area contributed by atoms with Crippen molar-refractivity contribution in [2.45, 2.75) is 6.54 Å². The third kappa shape index (κ3) is 2.60. The van der Waals surface area contributed by atoms with Gasteiger partial charge in [-0.25, -0.2) is 4.98 Å². The fraction of sp³-hybridized carbons (Fsp3) is 0.250. The largest absolute Gasteiger partial charge is 0.496 e. The van der Waals surface area contributed by atoms with Gasteiger partial charge in [-0.3, -0.25) is 0 Å². The molecule has 0 spiro atoms. The van der Waals surface area contributed by atoms with Crippen LogP contribution in [0.3, 0.4) is 0 Å². The number of aromatic nitrogens is 1. The molecule has 90 valence electrons. The maximum atomic E-state index is 6.20. The van der Waals surface area contributed by atoms with Gasteiger partial charge in [0.25, 0.3) is 0 Å². The number of methoxy groups -OCH3 is 1. The molecule has 1 heterocycles. The van der Waals surface area contributed by atoms with E-state index in [2.05, 4.69) is 10.3 Å². The molecule has 0 saturated heterocycles. The van der Waals surface area contributed by atoms with Crippen molar-refractivity contribution in [2.75, 3.05) is 14.2 Å². The van der Waals surface area contributed by atoms with Gasteiger partial charge in [0.1, 0.15) is 10.8 Å². The molecule has 0 bridgehead atoms. The number of ether oxygens (including phenoxy) is 1. The molecule has 0 aliphatic rings. The molecular weight excluding hydrogens is 256 g/mol. The Balaban J connectivity index is 2.44. The third-order valence-electron chi connectivity index (χ3n) is 2.32. The molecule has 0 fully saturated rings. The number of rotatable bonds is 4. The Kier molecular flexibility index (Phi) is 3.99. The molecule has 2 rings (SSSR count). The van der Waals surface area contributed by atoms with Crippen LogP contribution in [0.2, 0.25) is 5.02 Å². The highest BCUT2D eigenvalue weighted by Crippen LogP contribution is 2.37. The van der Waals surface area contributed by atoms with E-state index in [4.69, 9.17) is 16.3 Å². The van der Waals surface area contributed by atoms with Crippen LogP contribution in [-0.2, 0) is 6.54 Å². The predicted octanol–water partition coefficient (Wildman–Crippen LogP) is 3.19. The number of hydrogen-bond acceptors (Lipinski definition) is 4. The van der Waals surface area contributed by atoms with Crippen LogP contribution in [0.5, 0.6) is 5.75 Å². The summed E-state index contributed by atoms with van der Waals surface area (Å²) in [5, 5.41) is 6.64. The third-order valence-corrected chi connectivity index (χ3v) is 3.54. The lowest BCUT2D eigenvalue weighted by Gasteiger charge is -2.07. The molecule has 0 aliphatic carbocycles. The van der Waals surface area contributed by atoms with Gasteiger partial charge in [-0.05, 0) is 19.2 Å². The van der Waals surface area contributed by atoms with Crippen molar-refractivity contribution in [1.29, 1.82) is 0 Å². The smallest absolute Gasteiger partial charge is 0.130 e. The van der Waals surface area contributed by atoms with Crippen molar-refractivity contribution in [1.82, 2.24) is 10.3 Å². The van der Waals surface area contributed by atoms with E-state index in [9.17, 15) is 0 Å². The summed E-state index contributed by atoms with van der Waals surface area (Å²) >= 11 is 7.77. The van der Waals surface area contributed by atoms with Crippen LogP contribution in [0.15, 0.2) is 23.6 Å². The van der Waals surface area contributed by atoms with Gasteiger partial charge in [0.05, 0.1) is 23.4 Å². The molecule has 0 aliphatic heterocycles. The highest BCUT2D eigenvalue weighted by molar-refractivity contribution is 7.13. The Morgan fingerprint density at radius 2 is 2.29 bits per heavy atom. The van der Waals surface area contributed by atoms with E-state index in [1.54, 1.807) is 18.4 Å². The highest BCUT2D eigenvalue weighted by atomic mass is 35.5. The van der Waals surface area contributed by atoms with Crippen LogP contribution in [0.1, 0.15) is 5.69 Å². The number of nitrogens with zero attached hydrogens (tertiary/aromatic N) is 1. The number of thiazole rings is 1. The molecule has 5 heteroatoms. The molecule has 0 amide bonds. The topological polar surface area (TPSA) is 34.1 Å². The van der Waals surface area contributed by atoms with Crippen molar-refractivity contribution >= 4 is 22.9 Å². The minimum absolute atomic E-state index is 0.662. The summed E-state index contributed by atoms with van der Waals surface area (Å²) in [6.45, 7) is 0.753. The van der Waals surface area contributed by atoms with Gasteiger partial charge in [0.2, 0.25) is 0 Å². The maximum absolute atomic E-state index is 6.20. The predicted molar refractivity (Wildman–Crippen MR) is 71.9 cm³/mol. The zero-order chi connectivity index (χ0) is 12.3. The quantitative estimate of drug-likeness (QED) is 0.925. The van der Waals surface area contributed by atoms with Gasteiger partial charge in [-0.1, -0.05) is 17.7 Å². The highest BCUT2D eigenvalue weighted by Gasteiger charge is 2.13. The van der Waals surface area contributed by atoms with Crippen LogP contribution >= 0.6 is 22.9 Å². The first-order valence-electron chi connectivity index (χ1n) is 5.18. The Morgan fingerprint density at radius 1 is 1.47 bits per heavy atom. The van der Waals surface area contributed by atoms with E-state index in [-0.39, 0.29) is 0 Å². The van der Waals surface area contributed by atoms with E-state index < -0.39 is 0 Å². The summed E-state index contributed by atoms with van der Waals surface area (Å²) in [5.41, 5.74) is 1.87. The van der Waals surface area contributed by atoms with Gasteiger partial charge in [0, 0.05) is 11.9 Å². The Hall–Kier alpha value is -1.10. The molecule has 3 nitrogen and oxygen atoms in total. The first kappa shape index (κ1) is 12.4. The summed E-state index contributed by atoms with van der Waals surface area (Å²) in [7, 11) is 3.53. The van der Waals surface area contributed by atoms with Crippen molar-refractivity contribution in [3.63, 3.8) is 0 Å². The summed E-state index contributed by atoms with van der Waals surface area (Å²) in [6, 6.07) is 5.60. The minimum Gasteiger partial charge on any atom is -0.496 e. The summed E-state index contributed by atoms with van der Waals surface area (Å²) in [5.74, 6) is 0.753. The Labute approximate surface area is 109 Å². The van der Waals surface area contributed by atoms with E-state index in [0.717, 1.165) is 28.6 Å². The Bertz CT molecular complexity index is 513. The first-order chi connectivity index (χ1) is 8.26. The van der Waals surface area contributed by atoms with E-state index in [1.165, 1.54) is 0 Å². The fourth-order valence-corrected chi connectivity index (χ4v) is 2.76. The van der Waals surface area contributed by atoms with E-state index in [0.29, 0.717) is 5.02 Å². The van der Waals surface area contributed by atoms with Crippen molar-refractivity contribution in [2.24, 2.45) is 0 Å². The zero-order valence-electron chi connectivity index (χ0n) is 9.66. The fourth-order valence-electron chi connectivity index (χ4n) is 1.57. The number of hydrogen-bond donors (Lipinski definition) is 1. The number of halogens is 1. The van der Waals surface area contributed by atoms with Crippen molar-refractivity contribution in [3.8, 4) is 16.3 Å². The molecular formula is C12H13ClN2OS. The van der Waals surface area contributed by atoms with Gasteiger partial charge in [-0.2, -0.15) is 0 Å². The average Bonchev–Trinajstić information content (AvgIpc) is 2.77. The molecule has 1 aromatic heterocycles. The molecule has 0 unspecified atom stereocenters. The summed E-state index contributed by atoms with van der Waals surface area (Å²) in [6.07, 6.45) is 0. The molecule has 1 aromatic carbocycles. The normalized spacial score (nSPS) is 10.5. The SMILES string of the molecule is CNCc1csc(-c2c(Cl)cccc2OC)n1. The second-order valence-electron chi connectivity index (χ2n) is 3.49. The first-order valence-corrected chi connectivity index (χ1v) is 6.44. The van der Waals surface area contributed by atoms with Crippen LogP contribution in [0.4, 0.5) is 0 Å². The lowest BCUT2D eigenvalue weighted by molar-refractivity contribution is 0.416. The molecule has 17 heavy (non-hydrogen) atoms. The monoisotopic (exact) mass is 268 g/mol. The molecule has 0 saturated carbocycles. The summed E-state index contributed by atoms with van der Waals surface area (Å²) < 4.78 is 5.32. The van der Waals surface area contributed by atoms with E-state index >= 15 is 0 Å². The molecule has 0 radical (unpaired) electrons. The van der Waals surface area contributed by atoms with E-state index in [1.807, 2.05) is 30.6 Å². The van der Waals surface area contributed by atoms with Gasteiger partial charge in [0.15, 0.2) is 0 Å². The number of benzene rings is 1. The van der Waals surface area contributed by atoms with Crippen LogP contribution in [0, 0.1) is 0 Å². The van der Waals surface area contributed by atoms with Crippen LogP contribution in [0.25, 0.3) is 10.6 Å². The van der Waals surface area contributed by atoms with Crippen molar-refractivity contribution in [3.05, 3.63) is 34.3 Å². The molecule has 1 N–H and O–H groups in total. The van der Waals surface area contributed by atoms with Crippen LogP contribution in [-0.4, -0.2) is 19.1 Å². The second kappa shape index (κ2) is 5.49. The van der Waals surface area contributed by atoms with Gasteiger partial charge in [-0.15, -0.1) is 11.3 Å². The second-order valence-corrected chi connectivity index (χ2v) is 4.76. The van der Waals surface area contributed by atoms with Crippen molar-refractivity contribution < 1.29 is 4.74 Å². The Morgan fingerprint density at radius 3 is 3.00 bits per heavy atom. The maximum Gasteiger partial charge on any atom is 0.130 e. The summed E-state index contributed by atoms with van der Waals surface area (Å²) in [4.78, 5) is 4.53. The number of nitrogens with one attached hydrogen (secondary N) is 1. The lowest BCUT2D eigenvalue weighted by Crippen LogP contribution is -2.04. The zero-order valence-corrected chi connectivity index (χ0v) is 11.2. The van der Waals surface area contributed by atoms with Gasteiger partial charge < -0.3 is 10.1 Å².